The molecule has 1 aromatic carbocycles. The highest BCUT2D eigenvalue weighted by molar-refractivity contribution is 7.10. The molecule has 3 heterocycles. The van der Waals surface area contributed by atoms with Gasteiger partial charge in [0.15, 0.2) is 24.2 Å². The van der Waals surface area contributed by atoms with Gasteiger partial charge in [-0.15, -0.1) is 11.3 Å². The van der Waals surface area contributed by atoms with Crippen molar-refractivity contribution in [3.8, 4) is 11.5 Å². The minimum absolute atomic E-state index is 0.156. The molecule has 7 heteroatoms. The summed E-state index contributed by atoms with van der Waals surface area (Å²) in [6.07, 6.45) is 0.0288. The van der Waals surface area contributed by atoms with Crippen LogP contribution in [-0.2, 0) is 22.5 Å². The van der Waals surface area contributed by atoms with Crippen molar-refractivity contribution in [3.05, 3.63) is 69.7 Å². The zero-order valence-corrected chi connectivity index (χ0v) is 17.7. The van der Waals surface area contributed by atoms with Gasteiger partial charge in [-0.05, 0) is 43.5 Å². The number of thiophene rings is 1. The normalized spacial score (nSPS) is 15.1. The van der Waals surface area contributed by atoms with E-state index >= 15 is 0 Å². The first-order valence-corrected chi connectivity index (χ1v) is 10.7. The van der Waals surface area contributed by atoms with Gasteiger partial charge >= 0.3 is 5.97 Å². The Labute approximate surface area is 179 Å². The predicted octanol–water partition coefficient (Wildman–Crippen LogP) is 3.98. The minimum atomic E-state index is -0.397. The summed E-state index contributed by atoms with van der Waals surface area (Å²) in [7, 11) is 0. The van der Waals surface area contributed by atoms with Gasteiger partial charge in [0.25, 0.3) is 0 Å². The molecule has 30 heavy (non-hydrogen) atoms. The number of nitrogens with zero attached hydrogens (tertiary/aromatic N) is 1. The molecule has 1 atom stereocenters. The Hall–Kier alpha value is -3.06. The number of hydrogen-bond acceptors (Lipinski definition) is 6. The van der Waals surface area contributed by atoms with E-state index in [1.54, 1.807) is 0 Å². The molecule has 1 aliphatic rings. The lowest BCUT2D eigenvalue weighted by atomic mass is 10.1. The molecular weight excluding hydrogens is 402 g/mol. The SMILES string of the molecule is Cc1cc(C(=O)COC(=O)Cc2cccs2)c(C)n1CC1COc2ccccc2O1. The number of esters is 1. The standard InChI is InChI=1S/C23H23NO5S/c1-15-10-19(20(25)14-28-23(26)11-18-6-5-9-30-18)16(2)24(15)12-17-13-27-21-7-3-4-8-22(21)29-17/h3-10,17H,11-14H2,1-2H3. The molecule has 0 bridgehead atoms. The van der Waals surface area contributed by atoms with Crippen LogP contribution in [-0.4, -0.2) is 35.6 Å². The van der Waals surface area contributed by atoms with Gasteiger partial charge in [0, 0.05) is 21.8 Å². The highest BCUT2D eigenvalue weighted by Crippen LogP contribution is 2.31. The average Bonchev–Trinajstić information content (AvgIpc) is 3.35. The van der Waals surface area contributed by atoms with E-state index in [-0.39, 0.29) is 24.9 Å². The predicted molar refractivity (Wildman–Crippen MR) is 114 cm³/mol. The van der Waals surface area contributed by atoms with Gasteiger partial charge in [-0.2, -0.15) is 0 Å². The van der Waals surface area contributed by atoms with Crippen molar-refractivity contribution in [2.75, 3.05) is 13.2 Å². The molecule has 3 aromatic rings. The van der Waals surface area contributed by atoms with E-state index in [4.69, 9.17) is 14.2 Å². The zero-order chi connectivity index (χ0) is 21.1. The van der Waals surface area contributed by atoms with E-state index < -0.39 is 5.97 Å². The number of ether oxygens (including phenoxy) is 3. The molecule has 0 fully saturated rings. The van der Waals surface area contributed by atoms with Crippen molar-refractivity contribution in [1.29, 1.82) is 0 Å². The van der Waals surface area contributed by atoms with E-state index in [0.29, 0.717) is 18.7 Å². The number of para-hydroxylation sites is 2. The van der Waals surface area contributed by atoms with E-state index in [9.17, 15) is 9.59 Å². The van der Waals surface area contributed by atoms with Crippen LogP contribution >= 0.6 is 11.3 Å². The second-order valence-electron chi connectivity index (χ2n) is 7.23. The topological polar surface area (TPSA) is 66.8 Å². The van der Waals surface area contributed by atoms with E-state index in [0.717, 1.165) is 27.8 Å². The molecule has 2 aromatic heterocycles. The van der Waals surface area contributed by atoms with Gasteiger partial charge in [0.05, 0.1) is 13.0 Å². The Bertz CT molecular complexity index is 1050. The summed E-state index contributed by atoms with van der Waals surface area (Å²) in [5, 5.41) is 1.91. The highest BCUT2D eigenvalue weighted by Gasteiger charge is 2.24. The smallest absolute Gasteiger partial charge is 0.311 e. The van der Waals surface area contributed by atoms with Gasteiger partial charge in [-0.1, -0.05) is 18.2 Å². The van der Waals surface area contributed by atoms with Crippen LogP contribution in [0, 0.1) is 13.8 Å². The monoisotopic (exact) mass is 425 g/mol. The van der Waals surface area contributed by atoms with Crippen LogP contribution in [0.15, 0.2) is 47.8 Å². The van der Waals surface area contributed by atoms with Gasteiger partial charge < -0.3 is 18.8 Å². The second-order valence-corrected chi connectivity index (χ2v) is 8.27. The van der Waals surface area contributed by atoms with Crippen LogP contribution in [0.25, 0.3) is 0 Å². The van der Waals surface area contributed by atoms with Gasteiger partial charge in [0.2, 0.25) is 5.78 Å². The maximum Gasteiger partial charge on any atom is 0.311 e. The fourth-order valence-corrected chi connectivity index (χ4v) is 4.24. The fraction of sp³-hybridized carbons (Fsp3) is 0.304. The molecule has 0 N–H and O–H groups in total. The Kier molecular flexibility index (Phi) is 5.90. The summed E-state index contributed by atoms with van der Waals surface area (Å²) in [6, 6.07) is 13.2. The van der Waals surface area contributed by atoms with Crippen LogP contribution in [0.1, 0.15) is 26.6 Å². The number of carbonyl (C=O) groups excluding carboxylic acids is 2. The summed E-state index contributed by atoms with van der Waals surface area (Å²) in [6.45, 7) is 4.59. The van der Waals surface area contributed by atoms with Crippen LogP contribution in [0.5, 0.6) is 11.5 Å². The van der Waals surface area contributed by atoms with Crippen LogP contribution in [0.3, 0.4) is 0 Å². The Morgan fingerprint density at radius 2 is 1.97 bits per heavy atom. The summed E-state index contributed by atoms with van der Waals surface area (Å²) in [5.41, 5.74) is 2.34. The molecule has 0 spiro atoms. The Balaban J connectivity index is 1.38. The summed E-state index contributed by atoms with van der Waals surface area (Å²) < 4.78 is 19.1. The van der Waals surface area contributed by atoms with E-state index in [1.807, 2.05) is 66.3 Å². The number of aryl methyl sites for hydroxylation is 1. The second kappa shape index (κ2) is 8.75. The van der Waals surface area contributed by atoms with E-state index in [1.165, 1.54) is 11.3 Å². The third-order valence-electron chi connectivity index (χ3n) is 5.09. The number of carbonyl (C=O) groups is 2. The third-order valence-corrected chi connectivity index (χ3v) is 5.97. The molecule has 1 aliphatic heterocycles. The summed E-state index contributed by atoms with van der Waals surface area (Å²) in [5.74, 6) is 0.867. The minimum Gasteiger partial charge on any atom is -0.486 e. The van der Waals surface area contributed by atoms with Crippen LogP contribution in [0.2, 0.25) is 0 Å². The van der Waals surface area contributed by atoms with Crippen molar-refractivity contribution in [2.24, 2.45) is 0 Å². The van der Waals surface area contributed by atoms with Gasteiger partial charge in [-0.3, -0.25) is 9.59 Å². The number of rotatable bonds is 7. The summed E-state index contributed by atoms with van der Waals surface area (Å²) in [4.78, 5) is 25.5. The first kappa shape index (κ1) is 20.2. The number of benzene rings is 1. The maximum absolute atomic E-state index is 12.6. The number of aromatic nitrogens is 1. The van der Waals surface area contributed by atoms with Crippen molar-refractivity contribution in [1.82, 2.24) is 4.57 Å². The first-order chi connectivity index (χ1) is 14.5. The lowest BCUT2D eigenvalue weighted by Gasteiger charge is -2.27. The van der Waals surface area contributed by atoms with Crippen molar-refractivity contribution >= 4 is 23.1 Å². The Morgan fingerprint density at radius 1 is 1.17 bits per heavy atom. The molecule has 0 saturated carbocycles. The van der Waals surface area contributed by atoms with Crippen molar-refractivity contribution < 1.29 is 23.8 Å². The number of fused-ring (bicyclic) bond motifs is 1. The Morgan fingerprint density at radius 3 is 2.73 bits per heavy atom. The van der Waals surface area contributed by atoms with Crippen molar-refractivity contribution in [3.63, 3.8) is 0 Å². The molecule has 4 rings (SSSR count). The molecule has 0 aliphatic carbocycles. The lowest BCUT2D eigenvalue weighted by molar-refractivity contribution is -0.141. The van der Waals surface area contributed by atoms with Crippen LogP contribution < -0.4 is 9.47 Å². The van der Waals surface area contributed by atoms with E-state index in [2.05, 4.69) is 0 Å². The lowest BCUT2D eigenvalue weighted by Crippen LogP contribution is -2.33. The molecule has 156 valence electrons. The molecule has 0 saturated heterocycles. The number of hydrogen-bond donors (Lipinski definition) is 0. The molecular formula is C23H23NO5S. The maximum atomic E-state index is 12.6. The quantitative estimate of drug-likeness (QED) is 0.423. The number of Topliss-reactive ketones (excluding diaryl/α,β-unsaturated/α-hetero) is 1. The molecule has 1 unspecified atom stereocenters. The number of ketones is 1. The molecule has 0 amide bonds. The summed E-state index contributed by atoms with van der Waals surface area (Å²) >= 11 is 1.49. The van der Waals surface area contributed by atoms with Crippen LogP contribution in [0.4, 0.5) is 0 Å². The third kappa shape index (κ3) is 4.41. The highest BCUT2D eigenvalue weighted by atomic mass is 32.1. The fourth-order valence-electron chi connectivity index (χ4n) is 3.55. The zero-order valence-electron chi connectivity index (χ0n) is 16.9. The molecule has 6 nitrogen and oxygen atoms in total. The molecule has 0 radical (unpaired) electrons. The van der Waals surface area contributed by atoms with Crippen molar-refractivity contribution in [2.45, 2.75) is 32.9 Å². The van der Waals surface area contributed by atoms with Gasteiger partial charge in [-0.25, -0.2) is 0 Å². The average molecular weight is 426 g/mol. The largest absolute Gasteiger partial charge is 0.486 e. The van der Waals surface area contributed by atoms with Gasteiger partial charge in [0.1, 0.15) is 6.61 Å². The first-order valence-electron chi connectivity index (χ1n) is 9.77.